The molecule has 0 aliphatic rings. The van der Waals surface area contributed by atoms with E-state index in [1.807, 2.05) is 103 Å². The Bertz CT molecular complexity index is 1180. The summed E-state index contributed by atoms with van der Waals surface area (Å²) in [5.41, 5.74) is 9.51. The third-order valence-electron chi connectivity index (χ3n) is 5.54. The number of carboxylic acids is 1. The first-order chi connectivity index (χ1) is 17.5. The highest BCUT2D eigenvalue weighted by Gasteiger charge is 2.12. The van der Waals surface area contributed by atoms with E-state index >= 15 is 0 Å². The highest BCUT2D eigenvalue weighted by atomic mass is 16.5. The molecule has 36 heavy (non-hydrogen) atoms. The number of carboxylic acid groups (broad SMARTS) is 1. The van der Waals surface area contributed by atoms with E-state index in [1.54, 1.807) is 0 Å². The smallest absolute Gasteiger partial charge is 0.320 e. The number of nitrogens with two attached hydrogens (primary N) is 1. The van der Waals surface area contributed by atoms with Crippen LogP contribution in [0.25, 0.3) is 0 Å². The third-order valence-corrected chi connectivity index (χ3v) is 5.54. The van der Waals surface area contributed by atoms with Crippen molar-refractivity contribution in [2.24, 2.45) is 5.73 Å². The first-order valence-electron chi connectivity index (χ1n) is 11.7. The van der Waals surface area contributed by atoms with E-state index in [9.17, 15) is 4.79 Å². The summed E-state index contributed by atoms with van der Waals surface area (Å²) < 4.78 is 18.1. The Morgan fingerprint density at radius 1 is 0.611 bits per heavy atom. The molecule has 0 saturated carbocycles. The molecule has 0 unspecified atom stereocenters. The average Bonchev–Trinajstić information content (AvgIpc) is 2.91. The van der Waals surface area contributed by atoms with Gasteiger partial charge in [-0.2, -0.15) is 0 Å². The topological polar surface area (TPSA) is 91.0 Å². The minimum absolute atomic E-state index is 0.262. The molecule has 0 aliphatic carbocycles. The van der Waals surface area contributed by atoms with E-state index in [4.69, 9.17) is 25.1 Å². The summed E-state index contributed by atoms with van der Waals surface area (Å²) in [4.78, 5) is 11.0. The second-order valence-electron chi connectivity index (χ2n) is 8.44. The van der Waals surface area contributed by atoms with Crippen molar-refractivity contribution in [2.75, 3.05) is 0 Å². The van der Waals surface area contributed by atoms with Gasteiger partial charge >= 0.3 is 5.97 Å². The molecule has 0 heterocycles. The second kappa shape index (κ2) is 12.4. The van der Waals surface area contributed by atoms with Crippen molar-refractivity contribution in [1.29, 1.82) is 0 Å². The summed E-state index contributed by atoms with van der Waals surface area (Å²) in [6.07, 6.45) is 0.262. The van der Waals surface area contributed by atoms with Crippen LogP contribution in [0.1, 0.15) is 22.3 Å². The van der Waals surface area contributed by atoms with Gasteiger partial charge in [-0.15, -0.1) is 0 Å². The zero-order chi connectivity index (χ0) is 25.2. The lowest BCUT2D eigenvalue weighted by Crippen LogP contribution is -2.32. The number of aliphatic carboxylic acids is 1. The van der Waals surface area contributed by atoms with E-state index in [0.29, 0.717) is 37.1 Å². The van der Waals surface area contributed by atoms with Crippen molar-refractivity contribution in [1.82, 2.24) is 0 Å². The summed E-state index contributed by atoms with van der Waals surface area (Å²) in [6, 6.07) is 32.1. The van der Waals surface area contributed by atoms with Crippen molar-refractivity contribution in [3.05, 3.63) is 125 Å². The van der Waals surface area contributed by atoms with Gasteiger partial charge in [-0.1, -0.05) is 72.8 Å². The molecule has 0 saturated heterocycles. The van der Waals surface area contributed by atoms with Crippen molar-refractivity contribution in [3.8, 4) is 17.2 Å². The molecule has 0 amide bonds. The molecular weight excluding hydrogens is 454 g/mol. The van der Waals surface area contributed by atoms with Crippen molar-refractivity contribution in [3.63, 3.8) is 0 Å². The van der Waals surface area contributed by atoms with Crippen LogP contribution in [0.5, 0.6) is 17.2 Å². The highest BCUT2D eigenvalue weighted by Crippen LogP contribution is 2.26. The Hall–Kier alpha value is -4.29. The Morgan fingerprint density at radius 3 is 1.58 bits per heavy atom. The molecule has 6 nitrogen and oxygen atoms in total. The summed E-state index contributed by atoms with van der Waals surface area (Å²) in [6.45, 7) is 1.21. The van der Waals surface area contributed by atoms with E-state index in [-0.39, 0.29) is 6.42 Å². The van der Waals surface area contributed by atoms with Gasteiger partial charge in [-0.05, 0) is 52.9 Å². The fourth-order valence-corrected chi connectivity index (χ4v) is 3.59. The van der Waals surface area contributed by atoms with E-state index in [0.717, 1.165) is 22.3 Å². The minimum atomic E-state index is -1.02. The fraction of sp³-hybridized carbons (Fsp3) is 0.167. The van der Waals surface area contributed by atoms with Gasteiger partial charge in [0.05, 0.1) is 0 Å². The van der Waals surface area contributed by atoms with Crippen LogP contribution >= 0.6 is 0 Å². The van der Waals surface area contributed by atoms with Gasteiger partial charge in [0.2, 0.25) is 0 Å². The predicted molar refractivity (Wildman–Crippen MR) is 138 cm³/mol. The number of hydrogen-bond donors (Lipinski definition) is 2. The quantitative estimate of drug-likeness (QED) is 0.281. The molecule has 4 aromatic rings. The molecule has 3 N–H and O–H groups in total. The van der Waals surface area contributed by atoms with E-state index in [1.165, 1.54) is 0 Å². The highest BCUT2D eigenvalue weighted by molar-refractivity contribution is 5.73. The first-order valence-corrected chi connectivity index (χ1v) is 11.7. The van der Waals surface area contributed by atoms with E-state index < -0.39 is 12.0 Å². The summed E-state index contributed by atoms with van der Waals surface area (Å²) in [7, 11) is 0. The number of rotatable bonds is 12. The van der Waals surface area contributed by atoms with Crippen molar-refractivity contribution < 1.29 is 24.1 Å². The molecule has 0 bridgehead atoms. The molecule has 0 fully saturated rings. The lowest BCUT2D eigenvalue weighted by atomic mass is 10.1. The molecule has 0 aliphatic heterocycles. The summed E-state index contributed by atoms with van der Waals surface area (Å²) in [5, 5.41) is 8.99. The normalized spacial score (nSPS) is 11.5. The monoisotopic (exact) mass is 483 g/mol. The first kappa shape index (κ1) is 24.8. The molecule has 0 spiro atoms. The lowest BCUT2D eigenvalue weighted by Gasteiger charge is -2.14. The number of hydrogen-bond acceptors (Lipinski definition) is 5. The van der Waals surface area contributed by atoms with Gasteiger partial charge in [0.25, 0.3) is 0 Å². The molecule has 6 heteroatoms. The lowest BCUT2D eigenvalue weighted by molar-refractivity contribution is -0.138. The SMILES string of the molecule is N[C@@H](Cc1ccc(OCc2cc(OCc3ccccc3)cc(OCc3ccccc3)c2)cc1)C(=O)O. The van der Waals surface area contributed by atoms with E-state index in [2.05, 4.69) is 0 Å². The van der Waals surface area contributed by atoms with Crippen LogP contribution in [0, 0.1) is 0 Å². The molecular formula is C30H29NO5. The van der Waals surface area contributed by atoms with Gasteiger partial charge in [0.1, 0.15) is 43.1 Å². The van der Waals surface area contributed by atoms with Gasteiger partial charge in [-0.25, -0.2) is 0 Å². The van der Waals surface area contributed by atoms with Gasteiger partial charge in [0, 0.05) is 6.07 Å². The number of benzene rings is 4. The van der Waals surface area contributed by atoms with Crippen molar-refractivity contribution >= 4 is 5.97 Å². The van der Waals surface area contributed by atoms with Crippen LogP contribution in [0.3, 0.4) is 0 Å². The largest absolute Gasteiger partial charge is 0.489 e. The molecule has 0 aromatic heterocycles. The second-order valence-corrected chi connectivity index (χ2v) is 8.44. The number of carbonyl (C=O) groups is 1. The predicted octanol–water partition coefficient (Wildman–Crippen LogP) is 5.38. The fourth-order valence-electron chi connectivity index (χ4n) is 3.59. The van der Waals surface area contributed by atoms with Crippen LogP contribution in [0.2, 0.25) is 0 Å². The molecule has 4 aromatic carbocycles. The van der Waals surface area contributed by atoms with Crippen molar-refractivity contribution in [2.45, 2.75) is 32.3 Å². The Kier molecular flexibility index (Phi) is 8.57. The maximum Gasteiger partial charge on any atom is 0.320 e. The molecule has 0 radical (unpaired) electrons. The molecule has 1 atom stereocenters. The average molecular weight is 484 g/mol. The standard InChI is InChI=1S/C30H29NO5/c31-29(30(32)33)17-22-11-13-26(14-12-22)34-21-25-15-27(35-19-23-7-3-1-4-8-23)18-28(16-25)36-20-24-9-5-2-6-10-24/h1-16,18,29H,17,19-21,31H2,(H,32,33)/t29-/m0/s1. The van der Waals surface area contributed by atoms with Gasteiger partial charge in [0.15, 0.2) is 0 Å². The Labute approximate surface area is 210 Å². The zero-order valence-corrected chi connectivity index (χ0v) is 19.9. The van der Waals surface area contributed by atoms with Gasteiger partial charge < -0.3 is 25.1 Å². The maximum atomic E-state index is 11.0. The number of ether oxygens (including phenoxy) is 3. The van der Waals surface area contributed by atoms with Gasteiger partial charge in [-0.3, -0.25) is 4.79 Å². The van der Waals surface area contributed by atoms with Crippen LogP contribution in [-0.4, -0.2) is 17.1 Å². The van der Waals surface area contributed by atoms with Crippen LogP contribution in [0.4, 0.5) is 0 Å². The zero-order valence-electron chi connectivity index (χ0n) is 19.9. The van der Waals surface area contributed by atoms with Crippen LogP contribution in [0.15, 0.2) is 103 Å². The Morgan fingerprint density at radius 2 is 1.08 bits per heavy atom. The minimum Gasteiger partial charge on any atom is -0.489 e. The summed E-state index contributed by atoms with van der Waals surface area (Å²) >= 11 is 0. The third kappa shape index (κ3) is 7.61. The molecule has 4 rings (SSSR count). The van der Waals surface area contributed by atoms with Crippen LogP contribution in [-0.2, 0) is 31.0 Å². The molecule has 184 valence electrons. The maximum absolute atomic E-state index is 11.0. The Balaban J connectivity index is 1.43. The summed E-state index contributed by atoms with van der Waals surface area (Å²) in [5.74, 6) is 1.04. The van der Waals surface area contributed by atoms with Crippen LogP contribution < -0.4 is 19.9 Å².